The lowest BCUT2D eigenvalue weighted by Gasteiger charge is -2.35. The van der Waals surface area contributed by atoms with E-state index in [9.17, 15) is 14.0 Å². The zero-order chi connectivity index (χ0) is 19.8. The molecule has 3 aromatic rings. The zero-order valence-electron chi connectivity index (χ0n) is 15.1. The van der Waals surface area contributed by atoms with Gasteiger partial charge < -0.3 is 9.80 Å². The molecule has 1 aliphatic heterocycles. The van der Waals surface area contributed by atoms with Gasteiger partial charge in [0, 0.05) is 39.4 Å². The topological polar surface area (TPSA) is 71.3 Å². The number of benzene rings is 1. The summed E-state index contributed by atoms with van der Waals surface area (Å²) in [6, 6.07) is 7.31. The molecule has 1 fully saturated rings. The van der Waals surface area contributed by atoms with Gasteiger partial charge in [-0.05, 0) is 30.3 Å². The molecule has 0 bridgehead atoms. The fraction of sp³-hybridized carbons (Fsp3) is 0.263. The highest BCUT2D eigenvalue weighted by Gasteiger charge is 2.26. The molecule has 1 amide bonds. The van der Waals surface area contributed by atoms with Gasteiger partial charge in [0.25, 0.3) is 11.5 Å². The second-order valence-corrected chi connectivity index (χ2v) is 6.96. The van der Waals surface area contributed by atoms with E-state index in [-0.39, 0.29) is 22.1 Å². The number of halogens is 2. The van der Waals surface area contributed by atoms with Crippen molar-refractivity contribution in [2.45, 2.75) is 0 Å². The molecule has 2 aromatic heterocycles. The van der Waals surface area contributed by atoms with E-state index in [0.29, 0.717) is 43.2 Å². The largest absolute Gasteiger partial charge is 0.348 e. The van der Waals surface area contributed by atoms with E-state index in [1.807, 2.05) is 11.0 Å². The fourth-order valence-corrected chi connectivity index (χ4v) is 3.55. The van der Waals surface area contributed by atoms with Crippen molar-refractivity contribution < 1.29 is 9.18 Å². The molecule has 7 nitrogen and oxygen atoms in total. The van der Waals surface area contributed by atoms with Crippen molar-refractivity contribution in [2.75, 3.05) is 31.1 Å². The van der Waals surface area contributed by atoms with Crippen LogP contribution in [-0.2, 0) is 7.05 Å². The van der Waals surface area contributed by atoms with Crippen LogP contribution in [0.25, 0.3) is 11.2 Å². The Morgan fingerprint density at radius 3 is 2.64 bits per heavy atom. The summed E-state index contributed by atoms with van der Waals surface area (Å²) in [6.07, 6.45) is 1.62. The number of rotatable bonds is 2. The van der Waals surface area contributed by atoms with E-state index in [4.69, 9.17) is 11.6 Å². The Balaban J connectivity index is 1.55. The number of nitrogens with zero attached hydrogens (tertiary/aromatic N) is 5. The fourth-order valence-electron chi connectivity index (χ4n) is 3.30. The quantitative estimate of drug-likeness (QED) is 0.657. The third-order valence-electron chi connectivity index (χ3n) is 4.83. The summed E-state index contributed by atoms with van der Waals surface area (Å²) in [5.74, 6) is -0.401. The first kappa shape index (κ1) is 18.4. The summed E-state index contributed by atoms with van der Waals surface area (Å²) < 4.78 is 14.7. The molecule has 3 heterocycles. The summed E-state index contributed by atoms with van der Waals surface area (Å²) in [6.45, 7) is 1.72. The second kappa shape index (κ2) is 7.20. The first-order valence-corrected chi connectivity index (χ1v) is 9.14. The Morgan fingerprint density at radius 1 is 1.18 bits per heavy atom. The molecule has 1 aromatic carbocycles. The van der Waals surface area contributed by atoms with Crippen molar-refractivity contribution in [2.24, 2.45) is 7.05 Å². The molecule has 1 saturated heterocycles. The normalized spacial score (nSPS) is 14.5. The lowest BCUT2D eigenvalue weighted by molar-refractivity contribution is 0.0746. The molecular formula is C19H17ClFN5O2. The number of pyridine rings is 1. The summed E-state index contributed by atoms with van der Waals surface area (Å²) >= 11 is 6.00. The van der Waals surface area contributed by atoms with Crippen LogP contribution in [0.4, 0.5) is 10.2 Å². The molecule has 9 heteroatoms. The van der Waals surface area contributed by atoms with Crippen LogP contribution in [0.2, 0.25) is 5.02 Å². The first-order valence-electron chi connectivity index (χ1n) is 8.77. The first-order chi connectivity index (χ1) is 13.5. The van der Waals surface area contributed by atoms with Crippen LogP contribution < -0.4 is 10.5 Å². The molecule has 0 aliphatic carbocycles. The van der Waals surface area contributed by atoms with E-state index in [1.165, 1.54) is 16.7 Å². The van der Waals surface area contributed by atoms with Gasteiger partial charge in [0.1, 0.15) is 11.3 Å². The maximum atomic E-state index is 13.2. The molecular weight excluding hydrogens is 385 g/mol. The predicted molar refractivity (Wildman–Crippen MR) is 104 cm³/mol. The minimum atomic E-state index is -0.487. The number of hydrogen-bond donors (Lipinski definition) is 0. The van der Waals surface area contributed by atoms with E-state index in [2.05, 4.69) is 9.97 Å². The van der Waals surface area contributed by atoms with Crippen molar-refractivity contribution in [3.8, 4) is 0 Å². The van der Waals surface area contributed by atoms with E-state index < -0.39 is 5.82 Å². The Hall–Kier alpha value is -3.00. The molecule has 0 spiro atoms. The van der Waals surface area contributed by atoms with Gasteiger partial charge in [-0.15, -0.1) is 0 Å². The minimum Gasteiger partial charge on any atom is -0.348 e. The summed E-state index contributed by atoms with van der Waals surface area (Å²) in [5.41, 5.74) is 1.20. The minimum absolute atomic E-state index is 0.0880. The monoisotopic (exact) mass is 401 g/mol. The maximum absolute atomic E-state index is 13.2. The van der Waals surface area contributed by atoms with Crippen molar-refractivity contribution in [3.05, 3.63) is 63.3 Å². The van der Waals surface area contributed by atoms with Crippen LogP contribution in [0.1, 0.15) is 10.4 Å². The molecule has 0 saturated carbocycles. The van der Waals surface area contributed by atoms with Crippen molar-refractivity contribution >= 4 is 34.5 Å². The Bertz CT molecular complexity index is 1120. The molecule has 28 heavy (non-hydrogen) atoms. The van der Waals surface area contributed by atoms with Crippen LogP contribution in [0.5, 0.6) is 0 Å². The van der Waals surface area contributed by atoms with Crippen molar-refractivity contribution in [1.29, 1.82) is 0 Å². The van der Waals surface area contributed by atoms with Crippen molar-refractivity contribution in [3.63, 3.8) is 0 Å². The highest BCUT2D eigenvalue weighted by Crippen LogP contribution is 2.21. The number of anilines is 1. The van der Waals surface area contributed by atoms with E-state index in [1.54, 1.807) is 24.2 Å². The molecule has 0 unspecified atom stereocenters. The molecule has 0 atom stereocenters. The number of fused-ring (bicyclic) bond motifs is 1. The van der Waals surface area contributed by atoms with Gasteiger partial charge in [0.05, 0.1) is 10.6 Å². The van der Waals surface area contributed by atoms with Gasteiger partial charge in [-0.3, -0.25) is 14.2 Å². The van der Waals surface area contributed by atoms with Crippen LogP contribution in [0.3, 0.4) is 0 Å². The number of aryl methyl sites for hydroxylation is 1. The Kier molecular flexibility index (Phi) is 4.72. The highest BCUT2D eigenvalue weighted by molar-refractivity contribution is 6.33. The highest BCUT2D eigenvalue weighted by atomic mass is 35.5. The molecule has 144 valence electrons. The molecule has 4 rings (SSSR count). The van der Waals surface area contributed by atoms with E-state index >= 15 is 0 Å². The number of piperazine rings is 1. The summed E-state index contributed by atoms with van der Waals surface area (Å²) in [4.78, 5) is 37.5. The third-order valence-corrected chi connectivity index (χ3v) is 5.15. The molecule has 1 aliphatic rings. The number of carbonyl (C=O) groups is 1. The predicted octanol–water partition coefficient (Wildman–Crippen LogP) is 2.08. The van der Waals surface area contributed by atoms with Crippen LogP contribution >= 0.6 is 11.6 Å². The molecule has 0 radical (unpaired) electrons. The smallest absolute Gasteiger partial charge is 0.294 e. The molecule has 0 N–H and O–H groups in total. The van der Waals surface area contributed by atoms with Crippen LogP contribution in [-0.4, -0.2) is 51.5 Å². The lowest BCUT2D eigenvalue weighted by Crippen LogP contribution is -2.50. The summed E-state index contributed by atoms with van der Waals surface area (Å²) in [5, 5.41) is 0.0880. The van der Waals surface area contributed by atoms with Crippen LogP contribution in [0, 0.1) is 5.82 Å². The van der Waals surface area contributed by atoms with Gasteiger partial charge in [0.15, 0.2) is 11.5 Å². The zero-order valence-corrected chi connectivity index (χ0v) is 15.9. The Morgan fingerprint density at radius 2 is 1.93 bits per heavy atom. The summed E-state index contributed by atoms with van der Waals surface area (Å²) in [7, 11) is 1.67. The number of aromatic nitrogens is 3. The van der Waals surface area contributed by atoms with E-state index in [0.717, 1.165) is 6.07 Å². The van der Waals surface area contributed by atoms with Gasteiger partial charge in [-0.1, -0.05) is 11.6 Å². The van der Waals surface area contributed by atoms with Gasteiger partial charge >= 0.3 is 0 Å². The van der Waals surface area contributed by atoms with Gasteiger partial charge in [-0.2, -0.15) is 0 Å². The SMILES string of the molecule is Cn1c(=O)c(N2CCN(C(=O)c3ccc(F)cc3Cl)CC2)nc2cccnc21. The number of carbonyl (C=O) groups excluding carboxylic acids is 1. The Labute approximate surface area is 165 Å². The number of amides is 1. The average Bonchev–Trinajstić information content (AvgIpc) is 2.70. The maximum Gasteiger partial charge on any atom is 0.294 e. The average molecular weight is 402 g/mol. The second-order valence-electron chi connectivity index (χ2n) is 6.55. The standard InChI is InChI=1S/C19H17ClFN5O2/c1-24-16-15(3-2-6-22-16)23-17(19(24)28)25-7-9-26(10-8-25)18(27)13-5-4-12(21)11-14(13)20/h2-6,11H,7-10H2,1H3. The van der Waals surface area contributed by atoms with Gasteiger partial charge in [-0.25, -0.2) is 14.4 Å². The van der Waals surface area contributed by atoms with Gasteiger partial charge in [0.2, 0.25) is 0 Å². The third kappa shape index (κ3) is 3.20. The van der Waals surface area contributed by atoms with Crippen LogP contribution in [0.15, 0.2) is 41.3 Å². The lowest BCUT2D eigenvalue weighted by atomic mass is 10.1. The van der Waals surface area contributed by atoms with Crippen molar-refractivity contribution in [1.82, 2.24) is 19.4 Å². The number of hydrogen-bond acceptors (Lipinski definition) is 5.